The Morgan fingerprint density at radius 2 is 1.38 bits per heavy atom. The van der Waals surface area contributed by atoms with Gasteiger partial charge in [-0.3, -0.25) is 9.13 Å². The van der Waals surface area contributed by atoms with E-state index in [1.807, 2.05) is 62.4 Å². The van der Waals surface area contributed by atoms with Crippen LogP contribution in [0.4, 0.5) is 11.4 Å². The van der Waals surface area contributed by atoms with Gasteiger partial charge < -0.3 is 19.2 Å². The Kier molecular flexibility index (Phi) is 11.1. The Morgan fingerprint density at radius 3 is 1.79 bits per heavy atom. The van der Waals surface area contributed by atoms with E-state index >= 15 is 0 Å². The number of terminal acetylenes is 1. The third-order valence-electron chi connectivity index (χ3n) is 3.26. The minimum absolute atomic E-state index is 0.321. The Morgan fingerprint density at radius 1 is 0.897 bits per heavy atom. The first-order chi connectivity index (χ1) is 13.9. The fourth-order valence-electron chi connectivity index (χ4n) is 2.16. The van der Waals surface area contributed by atoms with Gasteiger partial charge in [-0.25, -0.2) is 0 Å². The van der Waals surface area contributed by atoms with E-state index < -0.39 is 15.0 Å². The molecule has 2 unspecified atom stereocenters. The molecule has 0 aliphatic carbocycles. The molecule has 0 aliphatic rings. The molecule has 2 N–H and O–H groups in total. The standard InChI is InChI=1S/C11H16NO2P.C10H12NO2P/c1-3-10-15(13,14-4-2)12-11-8-6-5-7-9-11;1-3-13-14(12,4-2)11-10-8-6-5-7-9-10/h3,5-10H,4H2,1-2H3,(H,12,13);2,5-9H,3H2,1H3,(H,11,12). The minimum atomic E-state index is -3.14. The summed E-state index contributed by atoms with van der Waals surface area (Å²) in [6.07, 6.45) is 6.87. The van der Waals surface area contributed by atoms with Gasteiger partial charge in [-0.15, -0.1) is 6.42 Å². The average Bonchev–Trinajstić information content (AvgIpc) is 2.70. The molecule has 0 saturated carbocycles. The molecule has 2 aromatic carbocycles. The van der Waals surface area contributed by atoms with Crippen LogP contribution in [0.15, 0.2) is 72.6 Å². The molecule has 2 rings (SSSR count). The van der Waals surface area contributed by atoms with Gasteiger partial charge in [0.1, 0.15) is 0 Å². The Bertz CT molecular complexity index is 881. The third kappa shape index (κ3) is 9.65. The molecule has 8 heteroatoms. The first-order valence-electron chi connectivity index (χ1n) is 9.17. The predicted molar refractivity (Wildman–Crippen MR) is 122 cm³/mol. The topological polar surface area (TPSA) is 76.7 Å². The molecule has 0 bridgehead atoms. The van der Waals surface area contributed by atoms with Crippen molar-refractivity contribution in [2.24, 2.45) is 0 Å². The van der Waals surface area contributed by atoms with Crippen molar-refractivity contribution >= 4 is 26.4 Å². The van der Waals surface area contributed by atoms with Crippen molar-refractivity contribution in [1.29, 1.82) is 0 Å². The smallest absolute Gasteiger partial charge is 0.312 e. The summed E-state index contributed by atoms with van der Waals surface area (Å²) < 4.78 is 34.2. The van der Waals surface area contributed by atoms with Gasteiger partial charge in [-0.1, -0.05) is 42.5 Å². The maximum atomic E-state index is 12.2. The van der Waals surface area contributed by atoms with Crippen LogP contribution in [0.2, 0.25) is 0 Å². The van der Waals surface area contributed by atoms with Crippen LogP contribution in [0.1, 0.15) is 20.8 Å². The van der Waals surface area contributed by atoms with E-state index in [2.05, 4.69) is 15.8 Å². The molecule has 0 fully saturated rings. The lowest BCUT2D eigenvalue weighted by Gasteiger charge is -2.16. The number of benzene rings is 2. The average molecular weight is 434 g/mol. The number of allylic oxidation sites excluding steroid dienone is 1. The summed E-state index contributed by atoms with van der Waals surface area (Å²) in [6, 6.07) is 18.5. The SMILES string of the molecule is C#CP(=O)(Nc1ccccc1)OCC.CC=CP(=O)(Nc1ccccc1)OCC. The monoisotopic (exact) mass is 434 g/mol. The normalized spacial score (nSPS) is 14.6. The van der Waals surface area contributed by atoms with Crippen molar-refractivity contribution in [3.63, 3.8) is 0 Å². The van der Waals surface area contributed by atoms with Crippen LogP contribution in [0.5, 0.6) is 0 Å². The van der Waals surface area contributed by atoms with Crippen LogP contribution in [-0.2, 0) is 18.2 Å². The summed E-state index contributed by atoms with van der Waals surface area (Å²) >= 11 is 0. The quantitative estimate of drug-likeness (QED) is 0.335. The number of rotatable bonds is 9. The summed E-state index contributed by atoms with van der Waals surface area (Å²) in [4.78, 5) is 0. The Labute approximate surface area is 173 Å². The zero-order valence-electron chi connectivity index (χ0n) is 16.9. The molecule has 0 spiro atoms. The van der Waals surface area contributed by atoms with E-state index in [4.69, 9.17) is 15.5 Å². The van der Waals surface area contributed by atoms with Crippen molar-refractivity contribution < 1.29 is 18.2 Å². The van der Waals surface area contributed by atoms with Gasteiger partial charge in [0.2, 0.25) is 0 Å². The second-order valence-corrected chi connectivity index (χ2v) is 9.37. The van der Waals surface area contributed by atoms with Crippen LogP contribution in [0.3, 0.4) is 0 Å². The number of para-hydroxylation sites is 2. The number of hydrogen-bond donors (Lipinski definition) is 2. The van der Waals surface area contributed by atoms with E-state index in [9.17, 15) is 9.13 Å². The second kappa shape index (κ2) is 13.0. The summed E-state index contributed by atoms with van der Waals surface area (Å²) in [5.74, 6) is 1.57. The van der Waals surface area contributed by atoms with E-state index in [0.717, 1.165) is 5.69 Å². The molecule has 2 atom stereocenters. The maximum absolute atomic E-state index is 12.2. The van der Waals surface area contributed by atoms with Gasteiger partial charge >= 0.3 is 15.0 Å². The molecule has 0 saturated heterocycles. The van der Waals surface area contributed by atoms with E-state index in [1.54, 1.807) is 30.9 Å². The fraction of sp³-hybridized carbons (Fsp3) is 0.238. The van der Waals surface area contributed by atoms with Gasteiger partial charge in [-0.2, -0.15) is 0 Å². The lowest BCUT2D eigenvalue weighted by atomic mass is 10.3. The predicted octanol–water partition coefficient (Wildman–Crippen LogP) is 6.78. The molecule has 0 heterocycles. The number of nitrogens with one attached hydrogen (secondary N) is 2. The van der Waals surface area contributed by atoms with Crippen molar-refractivity contribution in [2.75, 3.05) is 23.4 Å². The number of anilines is 2. The van der Waals surface area contributed by atoms with Gasteiger partial charge in [0.05, 0.1) is 13.2 Å². The zero-order valence-corrected chi connectivity index (χ0v) is 18.7. The lowest BCUT2D eigenvalue weighted by Crippen LogP contribution is -1.98. The molecule has 156 valence electrons. The minimum Gasteiger partial charge on any atom is -0.312 e. The van der Waals surface area contributed by atoms with Crippen LogP contribution in [0, 0.1) is 12.1 Å². The van der Waals surface area contributed by atoms with E-state index in [-0.39, 0.29) is 0 Å². The van der Waals surface area contributed by atoms with Crippen LogP contribution in [-0.4, -0.2) is 13.2 Å². The molecule has 6 nitrogen and oxygen atoms in total. The molecule has 0 aromatic heterocycles. The van der Waals surface area contributed by atoms with Crippen molar-refractivity contribution in [2.45, 2.75) is 20.8 Å². The first kappa shape index (κ1) is 24.8. The second-order valence-electron chi connectivity index (χ2n) is 5.55. The number of hydrogen-bond acceptors (Lipinski definition) is 4. The summed E-state index contributed by atoms with van der Waals surface area (Å²) in [5.41, 5.74) is 3.65. The molecular formula is C21H28N2O4P2. The highest BCUT2D eigenvalue weighted by atomic mass is 31.2. The summed E-state index contributed by atoms with van der Waals surface area (Å²) in [6.45, 7) is 6.13. The van der Waals surface area contributed by atoms with Gasteiger partial charge in [-0.05, 0) is 45.0 Å². The van der Waals surface area contributed by atoms with Crippen LogP contribution < -0.4 is 10.2 Å². The van der Waals surface area contributed by atoms with Gasteiger partial charge in [0.15, 0.2) is 0 Å². The molecule has 0 aliphatic heterocycles. The van der Waals surface area contributed by atoms with Crippen molar-refractivity contribution in [3.05, 3.63) is 72.6 Å². The van der Waals surface area contributed by atoms with Crippen LogP contribution in [0.25, 0.3) is 0 Å². The third-order valence-corrected chi connectivity index (χ3v) is 6.67. The molecule has 29 heavy (non-hydrogen) atoms. The lowest BCUT2D eigenvalue weighted by molar-refractivity contribution is 0.343. The summed E-state index contributed by atoms with van der Waals surface area (Å²) in [5, 5.41) is 5.61. The zero-order chi connectivity index (χ0) is 21.6. The highest BCUT2D eigenvalue weighted by Gasteiger charge is 2.18. The Hall–Kier alpha value is -2.28. The highest BCUT2D eigenvalue weighted by molar-refractivity contribution is 7.65. The molecular weight excluding hydrogens is 406 g/mol. The maximum Gasteiger partial charge on any atom is 0.367 e. The largest absolute Gasteiger partial charge is 0.367 e. The van der Waals surface area contributed by atoms with Crippen molar-refractivity contribution in [3.8, 4) is 12.1 Å². The molecule has 2 aromatic rings. The van der Waals surface area contributed by atoms with Crippen molar-refractivity contribution in [1.82, 2.24) is 0 Å². The van der Waals surface area contributed by atoms with E-state index in [0.29, 0.717) is 18.9 Å². The fourth-order valence-corrected chi connectivity index (χ4v) is 4.73. The highest BCUT2D eigenvalue weighted by Crippen LogP contribution is 2.48. The molecule has 0 radical (unpaired) electrons. The Balaban J connectivity index is 0.000000291. The van der Waals surface area contributed by atoms with Crippen LogP contribution >= 0.6 is 15.0 Å². The van der Waals surface area contributed by atoms with Gasteiger partial charge in [0.25, 0.3) is 0 Å². The van der Waals surface area contributed by atoms with Gasteiger partial charge in [0, 0.05) is 22.9 Å². The molecule has 0 amide bonds. The summed E-state index contributed by atoms with van der Waals surface area (Å²) in [7, 11) is -6.02. The van der Waals surface area contributed by atoms with E-state index in [1.165, 1.54) is 0 Å². The first-order valence-corrected chi connectivity index (χ1v) is 12.5.